The summed E-state index contributed by atoms with van der Waals surface area (Å²) in [5.74, 6) is 1.91. The summed E-state index contributed by atoms with van der Waals surface area (Å²) < 4.78 is 6.96. The molecule has 96 valence electrons. The molecular formula is C15H18BrNO. The molecule has 0 spiro atoms. The van der Waals surface area contributed by atoms with Gasteiger partial charge in [0, 0.05) is 10.0 Å². The minimum atomic E-state index is 0.795. The van der Waals surface area contributed by atoms with Crippen molar-refractivity contribution in [3.05, 3.63) is 46.1 Å². The van der Waals surface area contributed by atoms with Crippen LogP contribution < -0.4 is 5.32 Å². The van der Waals surface area contributed by atoms with Crippen molar-refractivity contribution in [1.82, 2.24) is 5.32 Å². The number of halogens is 1. The van der Waals surface area contributed by atoms with Crippen LogP contribution in [0.4, 0.5) is 0 Å². The van der Waals surface area contributed by atoms with Crippen LogP contribution in [0.3, 0.4) is 0 Å². The van der Waals surface area contributed by atoms with Gasteiger partial charge in [0.2, 0.25) is 0 Å². The van der Waals surface area contributed by atoms with Crippen LogP contribution in [-0.2, 0) is 6.54 Å². The molecule has 1 aromatic carbocycles. The van der Waals surface area contributed by atoms with E-state index in [9.17, 15) is 0 Å². The molecule has 18 heavy (non-hydrogen) atoms. The van der Waals surface area contributed by atoms with Crippen LogP contribution in [0.2, 0.25) is 0 Å². The minimum Gasteiger partial charge on any atom is -0.460 e. The first-order valence-electron chi connectivity index (χ1n) is 6.26. The molecule has 3 heteroatoms. The number of benzene rings is 1. The molecule has 0 saturated carbocycles. The highest BCUT2D eigenvalue weighted by atomic mass is 79.9. The van der Waals surface area contributed by atoms with Gasteiger partial charge in [-0.1, -0.05) is 28.9 Å². The fourth-order valence-corrected chi connectivity index (χ4v) is 2.06. The minimum absolute atomic E-state index is 0.795. The fourth-order valence-electron chi connectivity index (χ4n) is 1.81. The second-order valence-corrected chi connectivity index (χ2v) is 5.26. The van der Waals surface area contributed by atoms with Gasteiger partial charge in [0.15, 0.2) is 0 Å². The quantitative estimate of drug-likeness (QED) is 0.822. The van der Waals surface area contributed by atoms with Gasteiger partial charge in [-0.3, -0.25) is 0 Å². The van der Waals surface area contributed by atoms with Gasteiger partial charge >= 0.3 is 0 Å². The van der Waals surface area contributed by atoms with Gasteiger partial charge < -0.3 is 9.73 Å². The Hall–Kier alpha value is -1.06. The highest BCUT2D eigenvalue weighted by Gasteiger charge is 2.05. The number of furan rings is 1. The Balaban J connectivity index is 2.11. The lowest BCUT2D eigenvalue weighted by Crippen LogP contribution is -2.12. The third-order valence-corrected chi connectivity index (χ3v) is 3.72. The molecule has 0 amide bonds. The maximum Gasteiger partial charge on any atom is 0.134 e. The topological polar surface area (TPSA) is 25.2 Å². The molecule has 2 nitrogen and oxygen atoms in total. The second kappa shape index (κ2) is 6.21. The first-order valence-corrected chi connectivity index (χ1v) is 7.06. The summed E-state index contributed by atoms with van der Waals surface area (Å²) in [7, 11) is 0. The number of rotatable bonds is 5. The van der Waals surface area contributed by atoms with Gasteiger partial charge in [0.25, 0.3) is 0 Å². The van der Waals surface area contributed by atoms with Crippen LogP contribution in [0, 0.1) is 6.92 Å². The van der Waals surface area contributed by atoms with Crippen LogP contribution >= 0.6 is 15.9 Å². The highest BCUT2D eigenvalue weighted by molar-refractivity contribution is 9.10. The normalized spacial score (nSPS) is 10.8. The van der Waals surface area contributed by atoms with E-state index < -0.39 is 0 Å². The number of nitrogens with one attached hydrogen (secondary N) is 1. The molecule has 0 fully saturated rings. The lowest BCUT2D eigenvalue weighted by Gasteiger charge is -2.02. The van der Waals surface area contributed by atoms with E-state index in [1.165, 1.54) is 5.56 Å². The fraction of sp³-hybridized carbons (Fsp3) is 0.333. The average molecular weight is 308 g/mol. The lowest BCUT2D eigenvalue weighted by molar-refractivity contribution is 0.493. The maximum atomic E-state index is 5.83. The Labute approximate surface area is 117 Å². The Morgan fingerprint density at radius 2 is 2.06 bits per heavy atom. The second-order valence-electron chi connectivity index (χ2n) is 4.41. The predicted octanol–water partition coefficient (Wildman–Crippen LogP) is 4.52. The predicted molar refractivity (Wildman–Crippen MR) is 78.6 cm³/mol. The number of hydrogen-bond donors (Lipinski definition) is 1. The summed E-state index contributed by atoms with van der Waals surface area (Å²) in [5, 5.41) is 3.34. The van der Waals surface area contributed by atoms with E-state index in [1.54, 1.807) is 0 Å². The van der Waals surface area contributed by atoms with Crippen molar-refractivity contribution in [3.63, 3.8) is 0 Å². The molecule has 0 unspecified atom stereocenters. The van der Waals surface area contributed by atoms with E-state index in [0.29, 0.717) is 0 Å². The zero-order valence-corrected chi connectivity index (χ0v) is 12.4. The Morgan fingerprint density at radius 3 is 2.78 bits per heavy atom. The largest absolute Gasteiger partial charge is 0.460 e. The van der Waals surface area contributed by atoms with Crippen LogP contribution in [0.25, 0.3) is 11.3 Å². The van der Waals surface area contributed by atoms with Gasteiger partial charge in [0.05, 0.1) is 6.54 Å². The number of hydrogen-bond acceptors (Lipinski definition) is 2. The summed E-state index contributed by atoms with van der Waals surface area (Å²) in [6.45, 7) is 6.06. The zero-order chi connectivity index (χ0) is 13.0. The van der Waals surface area contributed by atoms with Gasteiger partial charge in [-0.2, -0.15) is 0 Å². The molecule has 0 aliphatic carbocycles. The van der Waals surface area contributed by atoms with Crippen molar-refractivity contribution in [3.8, 4) is 11.3 Å². The van der Waals surface area contributed by atoms with Gasteiger partial charge in [-0.25, -0.2) is 0 Å². The molecule has 0 aliphatic rings. The monoisotopic (exact) mass is 307 g/mol. The third-order valence-electron chi connectivity index (χ3n) is 2.83. The molecule has 0 radical (unpaired) electrons. The van der Waals surface area contributed by atoms with Crippen LogP contribution in [0.15, 0.2) is 39.2 Å². The first-order chi connectivity index (χ1) is 8.70. The summed E-state index contributed by atoms with van der Waals surface area (Å²) in [6.07, 6.45) is 1.14. The molecule has 0 aliphatic heterocycles. The van der Waals surface area contributed by atoms with Crippen LogP contribution in [0.5, 0.6) is 0 Å². The molecule has 1 heterocycles. The molecule has 1 aromatic heterocycles. The Kier molecular flexibility index (Phi) is 4.61. The van der Waals surface area contributed by atoms with E-state index in [1.807, 2.05) is 12.1 Å². The van der Waals surface area contributed by atoms with Crippen molar-refractivity contribution >= 4 is 15.9 Å². The summed E-state index contributed by atoms with van der Waals surface area (Å²) in [5.41, 5.74) is 2.34. The van der Waals surface area contributed by atoms with E-state index in [0.717, 1.165) is 41.1 Å². The van der Waals surface area contributed by atoms with E-state index >= 15 is 0 Å². The first kappa shape index (κ1) is 13.4. The van der Waals surface area contributed by atoms with Gasteiger partial charge in [-0.15, -0.1) is 0 Å². The van der Waals surface area contributed by atoms with Crippen molar-refractivity contribution in [1.29, 1.82) is 0 Å². The molecular weight excluding hydrogens is 290 g/mol. The Bertz CT molecular complexity index is 519. The molecule has 0 bridgehead atoms. The van der Waals surface area contributed by atoms with Gasteiger partial charge in [-0.05, 0) is 49.7 Å². The van der Waals surface area contributed by atoms with Gasteiger partial charge in [0.1, 0.15) is 11.5 Å². The van der Waals surface area contributed by atoms with Crippen molar-refractivity contribution in [2.24, 2.45) is 0 Å². The molecule has 0 saturated heterocycles. The molecule has 0 atom stereocenters. The summed E-state index contributed by atoms with van der Waals surface area (Å²) >= 11 is 3.51. The van der Waals surface area contributed by atoms with Crippen molar-refractivity contribution < 1.29 is 4.42 Å². The zero-order valence-electron chi connectivity index (χ0n) is 10.8. The average Bonchev–Trinajstić information content (AvgIpc) is 2.82. The molecule has 2 rings (SSSR count). The highest BCUT2D eigenvalue weighted by Crippen LogP contribution is 2.26. The van der Waals surface area contributed by atoms with E-state index in [-0.39, 0.29) is 0 Å². The van der Waals surface area contributed by atoms with Crippen LogP contribution in [0.1, 0.15) is 24.7 Å². The third kappa shape index (κ3) is 3.24. The SMILES string of the molecule is CCCNCc1ccc(-c2ccc(Br)c(C)c2)o1. The van der Waals surface area contributed by atoms with Crippen molar-refractivity contribution in [2.45, 2.75) is 26.8 Å². The standard InChI is InChI=1S/C15H18BrNO/c1-3-8-17-10-13-5-7-15(18-13)12-4-6-14(16)11(2)9-12/h4-7,9,17H,3,8,10H2,1-2H3. The van der Waals surface area contributed by atoms with E-state index in [2.05, 4.69) is 53.3 Å². The van der Waals surface area contributed by atoms with Crippen LogP contribution in [-0.4, -0.2) is 6.54 Å². The smallest absolute Gasteiger partial charge is 0.134 e. The number of aryl methyl sites for hydroxylation is 1. The van der Waals surface area contributed by atoms with E-state index in [4.69, 9.17) is 4.42 Å². The maximum absolute atomic E-state index is 5.83. The molecule has 2 aromatic rings. The molecule has 1 N–H and O–H groups in total. The summed E-state index contributed by atoms with van der Waals surface area (Å²) in [4.78, 5) is 0. The van der Waals surface area contributed by atoms with Crippen molar-refractivity contribution in [2.75, 3.05) is 6.54 Å². The lowest BCUT2D eigenvalue weighted by atomic mass is 10.1. The summed E-state index contributed by atoms with van der Waals surface area (Å²) in [6, 6.07) is 10.3. The Morgan fingerprint density at radius 1 is 1.22 bits per heavy atom.